The van der Waals surface area contributed by atoms with Crippen molar-refractivity contribution in [3.05, 3.63) is 0 Å². The molecule has 6 fully saturated rings. The van der Waals surface area contributed by atoms with E-state index in [1.54, 1.807) is 32.1 Å². The molecule has 84 valence electrons. The Morgan fingerprint density at radius 3 is 2.00 bits per heavy atom. The fourth-order valence-electron chi connectivity index (χ4n) is 5.74. The summed E-state index contributed by atoms with van der Waals surface area (Å²) >= 11 is 4.46. The van der Waals surface area contributed by atoms with Crippen LogP contribution >= 0.6 is 23.5 Å². The van der Waals surface area contributed by atoms with Gasteiger partial charge in [-0.05, 0) is 68.3 Å². The molecular weight excluding hydrogens is 220 g/mol. The Morgan fingerprint density at radius 1 is 0.867 bits per heavy atom. The Bertz CT molecular complexity index is 290. The van der Waals surface area contributed by atoms with Gasteiger partial charge in [0.05, 0.1) is 0 Å². The van der Waals surface area contributed by atoms with Crippen molar-refractivity contribution >= 4 is 23.5 Å². The van der Waals surface area contributed by atoms with Crippen LogP contribution in [0.15, 0.2) is 0 Å². The molecule has 0 aromatic carbocycles. The van der Waals surface area contributed by atoms with Crippen LogP contribution in [-0.4, -0.2) is 22.0 Å². The predicted octanol–water partition coefficient (Wildman–Crippen LogP) is 3.66. The van der Waals surface area contributed by atoms with Crippen LogP contribution in [0.5, 0.6) is 0 Å². The quantitative estimate of drug-likeness (QED) is 0.722. The van der Waals surface area contributed by atoms with E-state index in [1.165, 1.54) is 0 Å². The monoisotopic (exact) mass is 240 g/mol. The third-order valence-corrected chi connectivity index (χ3v) is 9.29. The minimum atomic E-state index is 0.746. The standard InChI is InChI=1S/C13H20S2/c1-14-12-7-13(15-2)10-4-8(5-11(12)13)3-9(12)6-10/h8-11H,3-7H2,1-2H3. The Kier molecular flexibility index (Phi) is 1.78. The molecule has 0 N–H and O–H groups in total. The highest BCUT2D eigenvalue weighted by atomic mass is 32.2. The lowest BCUT2D eigenvalue weighted by Crippen LogP contribution is -2.77. The van der Waals surface area contributed by atoms with Gasteiger partial charge in [0.15, 0.2) is 0 Å². The molecular formula is C13H20S2. The van der Waals surface area contributed by atoms with Gasteiger partial charge in [0.2, 0.25) is 0 Å². The van der Waals surface area contributed by atoms with Crippen LogP contribution in [0.3, 0.4) is 0 Å². The summed E-state index contributed by atoms with van der Waals surface area (Å²) in [6, 6.07) is 0. The van der Waals surface area contributed by atoms with Gasteiger partial charge in [-0.1, -0.05) is 0 Å². The Balaban J connectivity index is 1.80. The first kappa shape index (κ1) is 9.70. The smallest absolute Gasteiger partial charge is 0.0240 e. The maximum atomic E-state index is 2.38. The number of rotatable bonds is 2. The van der Waals surface area contributed by atoms with E-state index in [0.717, 1.165) is 33.2 Å². The van der Waals surface area contributed by atoms with Gasteiger partial charge in [-0.2, -0.15) is 23.5 Å². The summed E-state index contributed by atoms with van der Waals surface area (Å²) in [5.74, 6) is 4.42. The zero-order chi connectivity index (χ0) is 10.3. The van der Waals surface area contributed by atoms with Crippen LogP contribution in [-0.2, 0) is 0 Å². The first-order chi connectivity index (χ1) is 7.25. The highest BCUT2D eigenvalue weighted by Crippen LogP contribution is 2.79. The van der Waals surface area contributed by atoms with Crippen LogP contribution in [0.25, 0.3) is 0 Å². The number of thioether (sulfide) groups is 2. The Morgan fingerprint density at radius 2 is 1.47 bits per heavy atom. The van der Waals surface area contributed by atoms with E-state index in [1.807, 2.05) is 0 Å². The van der Waals surface area contributed by atoms with Gasteiger partial charge < -0.3 is 0 Å². The lowest BCUT2D eigenvalue weighted by atomic mass is 9.37. The lowest BCUT2D eigenvalue weighted by molar-refractivity contribution is -0.125. The normalized spacial score (nSPS) is 64.4. The van der Waals surface area contributed by atoms with Crippen LogP contribution in [0.2, 0.25) is 0 Å². The van der Waals surface area contributed by atoms with E-state index >= 15 is 0 Å². The summed E-state index contributed by atoms with van der Waals surface area (Å²) in [5.41, 5.74) is 0. The molecule has 4 atom stereocenters. The van der Waals surface area contributed by atoms with Crippen molar-refractivity contribution in [3.63, 3.8) is 0 Å². The second kappa shape index (κ2) is 2.75. The molecule has 15 heavy (non-hydrogen) atoms. The fraction of sp³-hybridized carbons (Fsp3) is 1.00. The average molecular weight is 240 g/mol. The van der Waals surface area contributed by atoms with Crippen molar-refractivity contribution in [1.82, 2.24) is 0 Å². The average Bonchev–Trinajstić information content (AvgIpc) is 2.24. The SMILES string of the molecule is CSC12CC3(SC)C4CC(CC1C4)CC23. The molecule has 6 aliphatic carbocycles. The maximum Gasteiger partial charge on any atom is 0.0240 e. The topological polar surface area (TPSA) is 0 Å². The third kappa shape index (κ3) is 0.854. The molecule has 0 aromatic heterocycles. The highest BCUT2D eigenvalue weighted by Gasteiger charge is 2.75. The van der Waals surface area contributed by atoms with Crippen molar-refractivity contribution in [2.75, 3.05) is 12.5 Å². The van der Waals surface area contributed by atoms with Crippen molar-refractivity contribution in [3.8, 4) is 0 Å². The second-order valence-corrected chi connectivity index (χ2v) is 8.59. The molecule has 6 bridgehead atoms. The largest absolute Gasteiger partial charge is 0.158 e. The highest BCUT2D eigenvalue weighted by molar-refractivity contribution is 8.01. The van der Waals surface area contributed by atoms with E-state index in [4.69, 9.17) is 0 Å². The lowest BCUT2D eigenvalue weighted by Gasteiger charge is -2.78. The molecule has 0 amide bonds. The predicted molar refractivity (Wildman–Crippen MR) is 69.5 cm³/mol. The third-order valence-electron chi connectivity index (χ3n) is 6.25. The molecule has 6 aliphatic rings. The molecule has 6 rings (SSSR count). The first-order valence-electron chi connectivity index (χ1n) is 6.35. The van der Waals surface area contributed by atoms with Crippen LogP contribution in [0.4, 0.5) is 0 Å². The Labute approximate surface area is 101 Å². The maximum absolute atomic E-state index is 2.38. The first-order valence-corrected chi connectivity index (χ1v) is 8.80. The van der Waals surface area contributed by atoms with E-state index in [-0.39, 0.29) is 0 Å². The number of hydrogen-bond donors (Lipinski definition) is 0. The summed E-state index contributed by atoms with van der Waals surface area (Å²) < 4.78 is 1.49. The van der Waals surface area contributed by atoms with Gasteiger partial charge in [0.25, 0.3) is 0 Å². The second-order valence-electron chi connectivity index (χ2n) is 6.25. The van der Waals surface area contributed by atoms with Gasteiger partial charge in [-0.15, -0.1) is 0 Å². The molecule has 4 unspecified atom stereocenters. The van der Waals surface area contributed by atoms with Crippen LogP contribution < -0.4 is 0 Å². The molecule has 0 aliphatic heterocycles. The van der Waals surface area contributed by atoms with Gasteiger partial charge >= 0.3 is 0 Å². The number of hydrogen-bond acceptors (Lipinski definition) is 2. The van der Waals surface area contributed by atoms with E-state index < -0.39 is 0 Å². The van der Waals surface area contributed by atoms with Crippen molar-refractivity contribution < 1.29 is 0 Å². The minimum absolute atomic E-state index is 0.746. The van der Waals surface area contributed by atoms with Gasteiger partial charge in [0.1, 0.15) is 0 Å². The zero-order valence-corrected chi connectivity index (χ0v) is 11.3. The fourth-order valence-corrected chi connectivity index (χ4v) is 8.91. The zero-order valence-electron chi connectivity index (χ0n) is 9.66. The van der Waals surface area contributed by atoms with Crippen molar-refractivity contribution in [2.45, 2.75) is 41.6 Å². The van der Waals surface area contributed by atoms with E-state index in [0.29, 0.717) is 0 Å². The molecule has 0 aromatic rings. The molecule has 0 radical (unpaired) electrons. The Hall–Kier alpha value is 0.700. The van der Waals surface area contributed by atoms with Gasteiger partial charge in [0, 0.05) is 9.49 Å². The summed E-state index contributed by atoms with van der Waals surface area (Å²) in [7, 11) is 0. The van der Waals surface area contributed by atoms with Crippen LogP contribution in [0.1, 0.15) is 32.1 Å². The van der Waals surface area contributed by atoms with Gasteiger partial charge in [-0.3, -0.25) is 0 Å². The molecule has 0 saturated heterocycles. The molecule has 2 heteroatoms. The molecule has 6 saturated carbocycles. The van der Waals surface area contributed by atoms with Crippen molar-refractivity contribution in [2.24, 2.45) is 23.7 Å². The summed E-state index contributed by atoms with van der Waals surface area (Å²) in [6.07, 6.45) is 12.6. The molecule has 0 spiro atoms. The minimum Gasteiger partial charge on any atom is -0.158 e. The molecule has 0 heterocycles. The van der Waals surface area contributed by atoms with E-state index in [9.17, 15) is 0 Å². The van der Waals surface area contributed by atoms with Gasteiger partial charge in [-0.25, -0.2) is 0 Å². The summed E-state index contributed by atoms with van der Waals surface area (Å²) in [4.78, 5) is 0. The molecule has 0 nitrogen and oxygen atoms in total. The van der Waals surface area contributed by atoms with Crippen LogP contribution in [0, 0.1) is 23.7 Å². The summed E-state index contributed by atoms with van der Waals surface area (Å²) in [5, 5.41) is 0. The summed E-state index contributed by atoms with van der Waals surface area (Å²) in [6.45, 7) is 0. The van der Waals surface area contributed by atoms with E-state index in [2.05, 4.69) is 36.0 Å². The van der Waals surface area contributed by atoms with Crippen molar-refractivity contribution in [1.29, 1.82) is 0 Å².